The Hall–Kier alpha value is -3.25. The molecule has 5 nitrogen and oxygen atoms in total. The minimum Gasteiger partial charge on any atom is -0.497 e. The van der Waals surface area contributed by atoms with Crippen LogP contribution in [0.1, 0.15) is 16.6 Å². The van der Waals surface area contributed by atoms with Gasteiger partial charge in [0.2, 0.25) is 5.88 Å². The topological polar surface area (TPSA) is 61.5 Å². The van der Waals surface area contributed by atoms with E-state index in [4.69, 9.17) is 14.6 Å². The maximum absolute atomic E-state index is 8.79. The second kappa shape index (κ2) is 6.17. The number of hydrogen-bond donors (Lipinski definition) is 2. The molecule has 5 rings (SSSR count). The van der Waals surface area contributed by atoms with Gasteiger partial charge in [0.15, 0.2) is 0 Å². The van der Waals surface area contributed by atoms with Crippen LogP contribution in [0.4, 0.5) is 11.6 Å². The average molecular weight is 375 g/mol. The number of nitrogens with one attached hydrogen (secondary N) is 2. The van der Waals surface area contributed by atoms with Gasteiger partial charge >= 0.3 is 0 Å². The summed E-state index contributed by atoms with van der Waals surface area (Å²) in [7, 11) is 1.65. The highest BCUT2D eigenvalue weighted by molar-refractivity contribution is 7.19. The standard InChI is InChI=1S/C21H17N3O2S/c1-25-15-8-6-14(7-9-15)24-19(22)16-10-11-26-21(16)23-20(24)18-12-13-4-2-3-5-17(13)27-18/h2-12,20,22-23H,1H3. The van der Waals surface area contributed by atoms with Gasteiger partial charge in [0.1, 0.15) is 17.8 Å². The summed E-state index contributed by atoms with van der Waals surface area (Å²) < 4.78 is 12.1. The summed E-state index contributed by atoms with van der Waals surface area (Å²) in [5.41, 5.74) is 1.67. The van der Waals surface area contributed by atoms with Crippen molar-refractivity contribution in [3.05, 3.63) is 77.4 Å². The Morgan fingerprint density at radius 2 is 1.93 bits per heavy atom. The maximum Gasteiger partial charge on any atom is 0.205 e. The molecule has 2 aromatic heterocycles. The summed E-state index contributed by atoms with van der Waals surface area (Å²) >= 11 is 1.72. The molecule has 0 spiro atoms. The van der Waals surface area contributed by atoms with E-state index in [0.717, 1.165) is 21.9 Å². The quantitative estimate of drug-likeness (QED) is 0.499. The summed E-state index contributed by atoms with van der Waals surface area (Å²) in [6.07, 6.45) is 1.40. The fourth-order valence-electron chi connectivity index (χ4n) is 3.41. The van der Waals surface area contributed by atoms with E-state index in [1.54, 1.807) is 24.7 Å². The van der Waals surface area contributed by atoms with Gasteiger partial charge in [0, 0.05) is 15.3 Å². The van der Waals surface area contributed by atoms with Crippen molar-refractivity contribution in [2.45, 2.75) is 6.17 Å². The highest BCUT2D eigenvalue weighted by Gasteiger charge is 2.34. The van der Waals surface area contributed by atoms with E-state index in [2.05, 4.69) is 23.5 Å². The van der Waals surface area contributed by atoms with Crippen LogP contribution in [0.25, 0.3) is 10.1 Å². The molecule has 1 aliphatic heterocycles. The van der Waals surface area contributed by atoms with Gasteiger partial charge in [0.25, 0.3) is 0 Å². The molecular weight excluding hydrogens is 358 g/mol. The summed E-state index contributed by atoms with van der Waals surface area (Å²) in [5, 5.41) is 13.5. The van der Waals surface area contributed by atoms with Crippen molar-refractivity contribution in [2.75, 3.05) is 17.3 Å². The summed E-state index contributed by atoms with van der Waals surface area (Å²) in [6, 6.07) is 20.1. The number of benzene rings is 2. The van der Waals surface area contributed by atoms with Gasteiger partial charge in [-0.2, -0.15) is 0 Å². The van der Waals surface area contributed by atoms with Crippen molar-refractivity contribution < 1.29 is 9.15 Å². The number of amidine groups is 1. The molecule has 2 aromatic carbocycles. The first-order valence-electron chi connectivity index (χ1n) is 8.59. The van der Waals surface area contributed by atoms with Crippen molar-refractivity contribution >= 4 is 38.8 Å². The first-order chi connectivity index (χ1) is 13.2. The molecule has 0 radical (unpaired) electrons. The lowest BCUT2D eigenvalue weighted by Gasteiger charge is -2.37. The van der Waals surface area contributed by atoms with E-state index in [1.807, 2.05) is 47.4 Å². The molecule has 0 saturated carbocycles. The SMILES string of the molecule is COc1ccc(N2C(=N)c3ccoc3NC2c2cc3ccccc3s2)cc1. The zero-order valence-electron chi connectivity index (χ0n) is 14.6. The molecule has 0 fully saturated rings. The minimum absolute atomic E-state index is 0.220. The van der Waals surface area contributed by atoms with Crippen molar-refractivity contribution in [1.82, 2.24) is 0 Å². The van der Waals surface area contributed by atoms with E-state index in [1.165, 1.54) is 10.1 Å². The monoisotopic (exact) mass is 375 g/mol. The van der Waals surface area contributed by atoms with Gasteiger partial charge < -0.3 is 19.4 Å². The lowest BCUT2D eigenvalue weighted by Crippen LogP contribution is -2.42. The fraction of sp³-hybridized carbons (Fsp3) is 0.0952. The molecule has 3 heterocycles. The molecule has 1 atom stereocenters. The van der Waals surface area contributed by atoms with Crippen LogP contribution in [0.5, 0.6) is 5.75 Å². The van der Waals surface area contributed by atoms with E-state index < -0.39 is 0 Å². The number of hydrogen-bond acceptors (Lipinski definition) is 5. The normalized spacial score (nSPS) is 16.3. The van der Waals surface area contributed by atoms with Crippen LogP contribution in [0, 0.1) is 5.41 Å². The molecule has 1 aliphatic rings. The van der Waals surface area contributed by atoms with Gasteiger partial charge in [-0.05, 0) is 47.9 Å². The number of furan rings is 1. The molecule has 27 heavy (non-hydrogen) atoms. The summed E-state index contributed by atoms with van der Waals surface area (Å²) in [4.78, 5) is 3.11. The zero-order valence-corrected chi connectivity index (χ0v) is 15.4. The minimum atomic E-state index is -0.220. The third kappa shape index (κ3) is 2.57. The van der Waals surface area contributed by atoms with E-state index in [0.29, 0.717) is 11.7 Å². The third-order valence-corrected chi connectivity index (χ3v) is 5.92. The van der Waals surface area contributed by atoms with E-state index in [9.17, 15) is 0 Å². The van der Waals surface area contributed by atoms with Crippen LogP contribution in [-0.2, 0) is 0 Å². The predicted octanol–water partition coefficient (Wildman–Crippen LogP) is 5.46. The van der Waals surface area contributed by atoms with Gasteiger partial charge in [-0.25, -0.2) is 0 Å². The summed E-state index contributed by atoms with van der Waals surface area (Å²) in [5.74, 6) is 1.83. The number of thiophene rings is 1. The van der Waals surface area contributed by atoms with Gasteiger partial charge in [0.05, 0.1) is 18.9 Å². The first-order valence-corrected chi connectivity index (χ1v) is 9.41. The molecule has 6 heteroatoms. The van der Waals surface area contributed by atoms with Crippen LogP contribution in [0.15, 0.2) is 71.3 Å². The Labute approximate surface area is 160 Å². The van der Waals surface area contributed by atoms with Crippen molar-refractivity contribution in [1.29, 1.82) is 5.41 Å². The molecule has 0 aliphatic carbocycles. The predicted molar refractivity (Wildman–Crippen MR) is 109 cm³/mol. The van der Waals surface area contributed by atoms with Crippen LogP contribution in [0.2, 0.25) is 0 Å². The molecule has 1 unspecified atom stereocenters. The number of ether oxygens (including phenoxy) is 1. The second-order valence-corrected chi connectivity index (χ2v) is 7.43. The second-order valence-electron chi connectivity index (χ2n) is 6.31. The Morgan fingerprint density at radius 3 is 2.70 bits per heavy atom. The fourth-order valence-corrected chi connectivity index (χ4v) is 4.52. The summed E-state index contributed by atoms with van der Waals surface area (Å²) in [6.45, 7) is 0. The number of rotatable bonds is 3. The molecule has 0 saturated heterocycles. The molecule has 0 bridgehead atoms. The lowest BCUT2D eigenvalue weighted by atomic mass is 10.1. The Kier molecular flexibility index (Phi) is 3.65. The van der Waals surface area contributed by atoms with Gasteiger partial charge in [-0.3, -0.25) is 5.41 Å². The van der Waals surface area contributed by atoms with Crippen LogP contribution in [-0.4, -0.2) is 12.9 Å². The molecule has 134 valence electrons. The zero-order chi connectivity index (χ0) is 18.4. The lowest BCUT2D eigenvalue weighted by molar-refractivity contribution is 0.415. The maximum atomic E-state index is 8.79. The molecular formula is C21H17N3O2S. The number of anilines is 2. The Balaban J connectivity index is 1.64. The van der Waals surface area contributed by atoms with Crippen molar-refractivity contribution in [3.63, 3.8) is 0 Å². The number of methoxy groups -OCH3 is 1. The Morgan fingerprint density at radius 1 is 1.11 bits per heavy atom. The van der Waals surface area contributed by atoms with E-state index >= 15 is 0 Å². The average Bonchev–Trinajstić information content (AvgIpc) is 3.35. The highest BCUT2D eigenvalue weighted by Crippen LogP contribution is 2.41. The Bertz CT molecular complexity index is 1100. The molecule has 0 amide bonds. The largest absolute Gasteiger partial charge is 0.497 e. The van der Waals surface area contributed by atoms with Gasteiger partial charge in [-0.1, -0.05) is 18.2 Å². The van der Waals surface area contributed by atoms with E-state index in [-0.39, 0.29) is 6.17 Å². The number of nitrogens with zero attached hydrogens (tertiary/aromatic N) is 1. The van der Waals surface area contributed by atoms with Gasteiger partial charge in [-0.15, -0.1) is 11.3 Å². The first kappa shape index (κ1) is 16.0. The van der Waals surface area contributed by atoms with Crippen LogP contribution >= 0.6 is 11.3 Å². The number of fused-ring (bicyclic) bond motifs is 2. The van der Waals surface area contributed by atoms with Crippen molar-refractivity contribution in [3.8, 4) is 5.75 Å². The third-order valence-electron chi connectivity index (χ3n) is 4.75. The highest BCUT2D eigenvalue weighted by atomic mass is 32.1. The molecule has 4 aromatic rings. The van der Waals surface area contributed by atoms with Crippen molar-refractivity contribution in [2.24, 2.45) is 0 Å². The smallest absolute Gasteiger partial charge is 0.205 e. The van der Waals surface area contributed by atoms with Crippen LogP contribution in [0.3, 0.4) is 0 Å². The molecule has 2 N–H and O–H groups in total. The van der Waals surface area contributed by atoms with Crippen LogP contribution < -0.4 is 15.0 Å².